The molecule has 0 bridgehead atoms. The zero-order valence-electron chi connectivity index (χ0n) is 12.4. The summed E-state index contributed by atoms with van der Waals surface area (Å²) in [7, 11) is 1.70. The Morgan fingerprint density at radius 3 is 2.47 bits per heavy atom. The molecule has 0 aliphatic heterocycles. The van der Waals surface area contributed by atoms with E-state index in [1.54, 1.807) is 7.11 Å². The topological polar surface area (TPSA) is 29.5 Å². The van der Waals surface area contributed by atoms with E-state index in [-0.39, 0.29) is 0 Å². The maximum absolute atomic E-state index is 9.45. The molecule has 1 aromatic carbocycles. The third-order valence-corrected chi connectivity index (χ3v) is 4.76. The van der Waals surface area contributed by atoms with Gasteiger partial charge in [0.1, 0.15) is 5.75 Å². The van der Waals surface area contributed by atoms with Gasteiger partial charge in [-0.1, -0.05) is 26.0 Å². The first-order valence-corrected chi connectivity index (χ1v) is 7.29. The van der Waals surface area contributed by atoms with Crippen molar-refractivity contribution < 1.29 is 9.84 Å². The zero-order valence-corrected chi connectivity index (χ0v) is 12.4. The van der Waals surface area contributed by atoms with Gasteiger partial charge < -0.3 is 9.84 Å². The Balaban J connectivity index is 1.86. The van der Waals surface area contributed by atoms with Crippen LogP contribution in [0.5, 0.6) is 5.75 Å². The summed E-state index contributed by atoms with van der Waals surface area (Å²) in [6.45, 7) is 4.93. The summed E-state index contributed by atoms with van der Waals surface area (Å²) in [5, 5.41) is 9.45. The fraction of sp³-hybridized carbons (Fsp3) is 0.647. The number of benzene rings is 1. The number of aliphatic hydroxyl groups excluding tert-OH is 1. The SMILES string of the molecule is COc1ccc(CC[C@@H]2C[C@H](CO)C(C)(C)C2)cc1. The van der Waals surface area contributed by atoms with Crippen LogP contribution in [0, 0.1) is 17.3 Å². The largest absolute Gasteiger partial charge is 0.497 e. The number of hydrogen-bond donors (Lipinski definition) is 1. The number of ether oxygens (including phenoxy) is 1. The molecule has 2 atom stereocenters. The van der Waals surface area contributed by atoms with E-state index in [1.807, 2.05) is 12.1 Å². The number of rotatable bonds is 5. The van der Waals surface area contributed by atoms with Gasteiger partial charge in [0, 0.05) is 6.61 Å². The predicted molar refractivity (Wildman–Crippen MR) is 78.4 cm³/mol. The summed E-state index contributed by atoms with van der Waals surface area (Å²) >= 11 is 0. The van der Waals surface area contributed by atoms with Crippen LogP contribution in [0.4, 0.5) is 0 Å². The van der Waals surface area contributed by atoms with Crippen molar-refractivity contribution in [2.24, 2.45) is 17.3 Å². The summed E-state index contributed by atoms with van der Waals surface area (Å²) in [4.78, 5) is 0. The molecule has 0 heterocycles. The lowest BCUT2D eigenvalue weighted by atomic mass is 9.82. The highest BCUT2D eigenvalue weighted by molar-refractivity contribution is 5.27. The fourth-order valence-electron chi connectivity index (χ4n) is 3.42. The first-order valence-electron chi connectivity index (χ1n) is 7.29. The van der Waals surface area contributed by atoms with Gasteiger partial charge in [0.15, 0.2) is 0 Å². The minimum absolute atomic E-state index is 0.305. The molecule has 1 aromatic rings. The van der Waals surface area contributed by atoms with E-state index in [4.69, 9.17) is 4.74 Å². The summed E-state index contributed by atoms with van der Waals surface area (Å²) in [5.74, 6) is 2.16. The minimum Gasteiger partial charge on any atom is -0.497 e. The molecule has 1 aliphatic rings. The van der Waals surface area contributed by atoms with Crippen molar-refractivity contribution in [3.8, 4) is 5.75 Å². The average molecular weight is 262 g/mol. The van der Waals surface area contributed by atoms with Crippen LogP contribution >= 0.6 is 0 Å². The third kappa shape index (κ3) is 3.50. The number of aryl methyl sites for hydroxylation is 1. The molecular formula is C17H26O2. The summed E-state index contributed by atoms with van der Waals surface area (Å²) in [6, 6.07) is 8.37. The van der Waals surface area contributed by atoms with Crippen LogP contribution < -0.4 is 4.74 Å². The highest BCUT2D eigenvalue weighted by Crippen LogP contribution is 2.47. The molecule has 0 saturated heterocycles. The zero-order chi connectivity index (χ0) is 13.9. The minimum atomic E-state index is 0.305. The first kappa shape index (κ1) is 14.4. The molecule has 1 N–H and O–H groups in total. The Hall–Kier alpha value is -1.02. The Morgan fingerprint density at radius 2 is 1.95 bits per heavy atom. The average Bonchev–Trinajstić information content (AvgIpc) is 2.71. The quantitative estimate of drug-likeness (QED) is 0.877. The molecule has 2 nitrogen and oxygen atoms in total. The summed E-state index contributed by atoms with van der Waals surface area (Å²) in [6.07, 6.45) is 4.78. The lowest BCUT2D eigenvalue weighted by Gasteiger charge is -2.24. The van der Waals surface area contributed by atoms with E-state index < -0.39 is 0 Å². The molecule has 0 radical (unpaired) electrons. The lowest BCUT2D eigenvalue weighted by Crippen LogP contribution is -2.20. The maximum Gasteiger partial charge on any atom is 0.118 e. The first-order chi connectivity index (χ1) is 9.05. The van der Waals surface area contributed by atoms with Gasteiger partial charge in [-0.25, -0.2) is 0 Å². The van der Waals surface area contributed by atoms with Gasteiger partial charge in [-0.2, -0.15) is 0 Å². The third-order valence-electron chi connectivity index (χ3n) is 4.76. The van der Waals surface area contributed by atoms with Crippen LogP contribution in [0.15, 0.2) is 24.3 Å². The van der Waals surface area contributed by atoms with Crippen LogP contribution in [-0.4, -0.2) is 18.8 Å². The van der Waals surface area contributed by atoms with Crippen molar-refractivity contribution in [2.45, 2.75) is 39.5 Å². The van der Waals surface area contributed by atoms with E-state index in [0.29, 0.717) is 17.9 Å². The maximum atomic E-state index is 9.45. The molecule has 1 saturated carbocycles. The Bertz CT molecular complexity index is 394. The predicted octanol–water partition coefficient (Wildman–Crippen LogP) is 3.67. The Labute approximate surface area is 116 Å². The monoisotopic (exact) mass is 262 g/mol. The molecule has 1 fully saturated rings. The van der Waals surface area contributed by atoms with Gasteiger partial charge in [0.2, 0.25) is 0 Å². The normalized spacial score (nSPS) is 25.5. The molecule has 0 amide bonds. The van der Waals surface area contributed by atoms with Crippen LogP contribution in [0.2, 0.25) is 0 Å². The van der Waals surface area contributed by atoms with E-state index in [2.05, 4.69) is 26.0 Å². The van der Waals surface area contributed by atoms with Gasteiger partial charge in [-0.05, 0) is 60.6 Å². The van der Waals surface area contributed by atoms with Crippen molar-refractivity contribution in [3.05, 3.63) is 29.8 Å². The molecule has 2 heteroatoms. The molecule has 1 aliphatic carbocycles. The van der Waals surface area contributed by atoms with Crippen LogP contribution in [0.3, 0.4) is 0 Å². The van der Waals surface area contributed by atoms with Crippen molar-refractivity contribution in [3.63, 3.8) is 0 Å². The Morgan fingerprint density at radius 1 is 1.26 bits per heavy atom. The van der Waals surface area contributed by atoms with E-state index in [9.17, 15) is 5.11 Å². The van der Waals surface area contributed by atoms with Crippen LogP contribution in [-0.2, 0) is 6.42 Å². The smallest absolute Gasteiger partial charge is 0.118 e. The van der Waals surface area contributed by atoms with Crippen LogP contribution in [0.25, 0.3) is 0 Å². The molecule has 2 rings (SSSR count). The second-order valence-corrected chi connectivity index (χ2v) is 6.56. The van der Waals surface area contributed by atoms with Gasteiger partial charge in [-0.15, -0.1) is 0 Å². The van der Waals surface area contributed by atoms with Gasteiger partial charge in [0.25, 0.3) is 0 Å². The van der Waals surface area contributed by atoms with Gasteiger partial charge >= 0.3 is 0 Å². The van der Waals surface area contributed by atoms with Crippen LogP contribution in [0.1, 0.15) is 38.7 Å². The molecular weight excluding hydrogens is 236 g/mol. The van der Waals surface area contributed by atoms with Crippen molar-refractivity contribution >= 4 is 0 Å². The van der Waals surface area contributed by atoms with E-state index in [1.165, 1.54) is 24.8 Å². The van der Waals surface area contributed by atoms with Gasteiger partial charge in [0.05, 0.1) is 7.11 Å². The highest BCUT2D eigenvalue weighted by atomic mass is 16.5. The Kier molecular flexibility index (Phi) is 4.51. The lowest BCUT2D eigenvalue weighted by molar-refractivity contribution is 0.146. The molecule has 0 unspecified atom stereocenters. The highest BCUT2D eigenvalue weighted by Gasteiger charge is 2.39. The number of aliphatic hydroxyl groups is 1. The molecule has 19 heavy (non-hydrogen) atoms. The van der Waals surface area contributed by atoms with Crippen molar-refractivity contribution in [1.82, 2.24) is 0 Å². The number of methoxy groups -OCH3 is 1. The summed E-state index contributed by atoms with van der Waals surface area (Å²) < 4.78 is 5.18. The van der Waals surface area contributed by atoms with Crippen molar-refractivity contribution in [2.75, 3.05) is 13.7 Å². The summed E-state index contributed by atoms with van der Waals surface area (Å²) in [5.41, 5.74) is 1.69. The van der Waals surface area contributed by atoms with Gasteiger partial charge in [-0.3, -0.25) is 0 Å². The standard InChI is InChI=1S/C17H26O2/c1-17(2)11-14(10-15(17)12-18)5-4-13-6-8-16(19-3)9-7-13/h6-9,14-15,18H,4-5,10-12H2,1-3H3/t14-,15-/m1/s1. The van der Waals surface area contributed by atoms with Crippen molar-refractivity contribution in [1.29, 1.82) is 0 Å². The molecule has 0 aromatic heterocycles. The number of hydrogen-bond acceptors (Lipinski definition) is 2. The second kappa shape index (κ2) is 5.96. The van der Waals surface area contributed by atoms with E-state index >= 15 is 0 Å². The molecule has 0 spiro atoms. The van der Waals surface area contributed by atoms with E-state index in [0.717, 1.165) is 18.1 Å². The molecule has 106 valence electrons. The fourth-order valence-corrected chi connectivity index (χ4v) is 3.42. The second-order valence-electron chi connectivity index (χ2n) is 6.56.